The smallest absolute Gasteiger partial charge is 0.0991 e. The zero-order chi connectivity index (χ0) is 12.4. The standard InChI is InChI=1S/C15H20N2/c1-11(2)10-17(14-5-6-14)15-7-4-13(9-16)8-12(15)3/h4,7-8,11,14H,5-6,10H2,1-3H3. The summed E-state index contributed by atoms with van der Waals surface area (Å²) in [5, 5.41) is 8.89. The summed E-state index contributed by atoms with van der Waals surface area (Å²) in [6.45, 7) is 7.73. The summed E-state index contributed by atoms with van der Waals surface area (Å²) in [6.07, 6.45) is 2.62. The van der Waals surface area contributed by atoms with Crippen molar-refractivity contribution in [2.75, 3.05) is 11.4 Å². The Hall–Kier alpha value is -1.49. The fourth-order valence-corrected chi connectivity index (χ4v) is 2.27. The van der Waals surface area contributed by atoms with Gasteiger partial charge in [0.05, 0.1) is 11.6 Å². The summed E-state index contributed by atoms with van der Waals surface area (Å²) in [4.78, 5) is 2.52. The van der Waals surface area contributed by atoms with E-state index in [4.69, 9.17) is 5.26 Å². The number of aryl methyl sites for hydroxylation is 1. The quantitative estimate of drug-likeness (QED) is 0.788. The van der Waals surface area contributed by atoms with Crippen LogP contribution < -0.4 is 4.90 Å². The summed E-state index contributed by atoms with van der Waals surface area (Å²) in [5.74, 6) is 0.672. The van der Waals surface area contributed by atoms with Crippen molar-refractivity contribution in [1.29, 1.82) is 5.26 Å². The van der Waals surface area contributed by atoms with Crippen LogP contribution in [-0.2, 0) is 0 Å². The van der Waals surface area contributed by atoms with E-state index in [0.29, 0.717) is 5.92 Å². The lowest BCUT2D eigenvalue weighted by Gasteiger charge is -2.28. The molecule has 0 amide bonds. The molecule has 0 bridgehead atoms. The molecule has 2 rings (SSSR count). The van der Waals surface area contributed by atoms with Crippen molar-refractivity contribution in [2.24, 2.45) is 5.92 Å². The Kier molecular flexibility index (Phi) is 3.38. The molecule has 0 atom stereocenters. The van der Waals surface area contributed by atoms with Crippen LogP contribution in [0.15, 0.2) is 18.2 Å². The molecule has 0 heterocycles. The highest BCUT2D eigenvalue weighted by molar-refractivity contribution is 5.57. The molecule has 1 aromatic rings. The molecule has 1 aliphatic rings. The van der Waals surface area contributed by atoms with E-state index in [1.807, 2.05) is 12.1 Å². The number of hydrogen-bond acceptors (Lipinski definition) is 2. The molecule has 1 fully saturated rings. The number of nitrogens with zero attached hydrogens (tertiary/aromatic N) is 2. The normalized spacial score (nSPS) is 14.8. The van der Waals surface area contributed by atoms with Crippen LogP contribution in [0.25, 0.3) is 0 Å². The molecule has 0 unspecified atom stereocenters. The van der Waals surface area contributed by atoms with Crippen LogP contribution in [0.2, 0.25) is 0 Å². The number of benzene rings is 1. The highest BCUT2D eigenvalue weighted by Gasteiger charge is 2.30. The average molecular weight is 228 g/mol. The van der Waals surface area contributed by atoms with E-state index in [9.17, 15) is 0 Å². The molecule has 1 aliphatic carbocycles. The first kappa shape index (κ1) is 12.0. The zero-order valence-corrected chi connectivity index (χ0v) is 10.9. The monoisotopic (exact) mass is 228 g/mol. The molecule has 2 heteroatoms. The van der Waals surface area contributed by atoms with Gasteiger partial charge in [-0.3, -0.25) is 0 Å². The number of hydrogen-bond donors (Lipinski definition) is 0. The maximum atomic E-state index is 8.89. The van der Waals surface area contributed by atoms with E-state index in [1.165, 1.54) is 24.1 Å². The van der Waals surface area contributed by atoms with Gasteiger partial charge < -0.3 is 4.90 Å². The lowest BCUT2D eigenvalue weighted by molar-refractivity contribution is 0.606. The summed E-state index contributed by atoms with van der Waals surface area (Å²) in [7, 11) is 0. The van der Waals surface area contributed by atoms with Crippen molar-refractivity contribution >= 4 is 5.69 Å². The molecule has 0 aliphatic heterocycles. The third kappa shape index (κ3) is 2.79. The summed E-state index contributed by atoms with van der Waals surface area (Å²) in [5.41, 5.74) is 3.28. The third-order valence-electron chi connectivity index (χ3n) is 3.18. The van der Waals surface area contributed by atoms with E-state index in [0.717, 1.165) is 18.2 Å². The predicted octanol–water partition coefficient (Wildman–Crippen LogP) is 3.49. The molecule has 1 saturated carbocycles. The Labute approximate surface area is 104 Å². The van der Waals surface area contributed by atoms with Gasteiger partial charge in [0.1, 0.15) is 0 Å². The van der Waals surface area contributed by atoms with Gasteiger partial charge in [0.25, 0.3) is 0 Å². The van der Waals surface area contributed by atoms with Crippen LogP contribution in [0.1, 0.15) is 37.8 Å². The van der Waals surface area contributed by atoms with Crippen LogP contribution in [0, 0.1) is 24.2 Å². The molecule has 2 nitrogen and oxygen atoms in total. The highest BCUT2D eigenvalue weighted by Crippen LogP contribution is 2.34. The fourth-order valence-electron chi connectivity index (χ4n) is 2.27. The number of anilines is 1. The number of nitriles is 1. The average Bonchev–Trinajstić information content (AvgIpc) is 3.09. The Bertz CT molecular complexity index is 439. The van der Waals surface area contributed by atoms with E-state index in [-0.39, 0.29) is 0 Å². The fraction of sp³-hybridized carbons (Fsp3) is 0.533. The molecule has 0 saturated heterocycles. The van der Waals surface area contributed by atoms with Gasteiger partial charge in [-0.25, -0.2) is 0 Å². The SMILES string of the molecule is Cc1cc(C#N)ccc1N(CC(C)C)C1CC1. The van der Waals surface area contributed by atoms with Crippen molar-refractivity contribution in [1.82, 2.24) is 0 Å². The van der Waals surface area contributed by atoms with E-state index < -0.39 is 0 Å². The maximum absolute atomic E-state index is 8.89. The Balaban J connectivity index is 2.26. The maximum Gasteiger partial charge on any atom is 0.0991 e. The molecular weight excluding hydrogens is 208 g/mol. The molecule has 0 spiro atoms. The van der Waals surface area contributed by atoms with Crippen LogP contribution >= 0.6 is 0 Å². The van der Waals surface area contributed by atoms with Crippen molar-refractivity contribution in [2.45, 2.75) is 39.7 Å². The van der Waals surface area contributed by atoms with E-state index in [1.54, 1.807) is 0 Å². The second-order valence-electron chi connectivity index (χ2n) is 5.39. The van der Waals surface area contributed by atoms with Crippen molar-refractivity contribution in [3.05, 3.63) is 29.3 Å². The molecule has 0 radical (unpaired) electrons. The largest absolute Gasteiger partial charge is 0.368 e. The Morgan fingerprint density at radius 1 is 1.41 bits per heavy atom. The lowest BCUT2D eigenvalue weighted by Crippen LogP contribution is -2.30. The minimum atomic E-state index is 0.672. The second-order valence-corrected chi connectivity index (χ2v) is 5.39. The van der Waals surface area contributed by atoms with E-state index in [2.05, 4.69) is 37.8 Å². The molecule has 0 N–H and O–H groups in total. The first-order chi connectivity index (χ1) is 8.11. The molecule has 17 heavy (non-hydrogen) atoms. The minimum Gasteiger partial charge on any atom is -0.368 e. The van der Waals surface area contributed by atoms with Crippen molar-refractivity contribution in [3.63, 3.8) is 0 Å². The molecular formula is C15H20N2. The van der Waals surface area contributed by atoms with Gasteiger partial charge in [-0.1, -0.05) is 13.8 Å². The van der Waals surface area contributed by atoms with Crippen molar-refractivity contribution < 1.29 is 0 Å². The Morgan fingerprint density at radius 3 is 2.59 bits per heavy atom. The van der Waals surface area contributed by atoms with Gasteiger partial charge >= 0.3 is 0 Å². The van der Waals surface area contributed by atoms with Crippen molar-refractivity contribution in [3.8, 4) is 6.07 Å². The molecule has 0 aromatic heterocycles. The predicted molar refractivity (Wildman–Crippen MR) is 71.1 cm³/mol. The van der Waals surface area contributed by atoms with Gasteiger partial charge in [0, 0.05) is 18.3 Å². The highest BCUT2D eigenvalue weighted by atomic mass is 15.2. The van der Waals surface area contributed by atoms with Crippen LogP contribution in [0.3, 0.4) is 0 Å². The topological polar surface area (TPSA) is 27.0 Å². The van der Waals surface area contributed by atoms with Gasteiger partial charge in [0.2, 0.25) is 0 Å². The van der Waals surface area contributed by atoms with Crippen LogP contribution in [0.5, 0.6) is 0 Å². The van der Waals surface area contributed by atoms with Gasteiger partial charge in [-0.05, 0) is 49.4 Å². The minimum absolute atomic E-state index is 0.672. The van der Waals surface area contributed by atoms with Gasteiger partial charge in [-0.2, -0.15) is 5.26 Å². The molecule has 90 valence electrons. The van der Waals surface area contributed by atoms with E-state index >= 15 is 0 Å². The first-order valence-corrected chi connectivity index (χ1v) is 6.39. The van der Waals surface area contributed by atoms with Gasteiger partial charge in [0.15, 0.2) is 0 Å². The molecule has 1 aromatic carbocycles. The first-order valence-electron chi connectivity index (χ1n) is 6.39. The number of rotatable bonds is 4. The Morgan fingerprint density at radius 2 is 2.12 bits per heavy atom. The summed E-state index contributed by atoms with van der Waals surface area (Å²) >= 11 is 0. The third-order valence-corrected chi connectivity index (χ3v) is 3.18. The van der Waals surface area contributed by atoms with Crippen LogP contribution in [0.4, 0.5) is 5.69 Å². The summed E-state index contributed by atoms with van der Waals surface area (Å²) in [6, 6.07) is 8.95. The van der Waals surface area contributed by atoms with Crippen LogP contribution in [-0.4, -0.2) is 12.6 Å². The second kappa shape index (κ2) is 4.79. The zero-order valence-electron chi connectivity index (χ0n) is 10.9. The lowest BCUT2D eigenvalue weighted by atomic mass is 10.1. The summed E-state index contributed by atoms with van der Waals surface area (Å²) < 4.78 is 0. The van der Waals surface area contributed by atoms with Gasteiger partial charge in [-0.15, -0.1) is 0 Å².